The van der Waals surface area contributed by atoms with Gasteiger partial charge in [-0.1, -0.05) is 35.9 Å². The number of aliphatic hydroxyl groups is 2. The normalized spacial score (nSPS) is 24.9. The fourth-order valence-corrected chi connectivity index (χ4v) is 3.86. The molecule has 2 aromatic rings. The van der Waals surface area contributed by atoms with E-state index in [1.807, 2.05) is 24.3 Å². The molecule has 2 aliphatic rings. The number of aliphatic hydroxyl groups excluding tert-OH is 2. The summed E-state index contributed by atoms with van der Waals surface area (Å²) in [6.45, 7) is 0.735. The highest BCUT2D eigenvalue weighted by atomic mass is 35.5. The first kappa shape index (κ1) is 19.7. The van der Waals surface area contributed by atoms with E-state index in [1.165, 1.54) is 12.8 Å². The molecule has 1 aliphatic heterocycles. The second-order valence-electron chi connectivity index (χ2n) is 7.98. The molecule has 0 aromatic heterocycles. The summed E-state index contributed by atoms with van der Waals surface area (Å²) >= 11 is 6.44. The minimum atomic E-state index is -0.460. The average Bonchev–Trinajstić information content (AvgIpc) is 3.53. The standard InChI is InChI=1S/C23H27ClO4/c24-22-8-5-17(23-12-19(26)11-21(13-25)28-23)10-18(22)9-15-3-6-20(7-4-15)27-14-16-1-2-16/h3-8,10,16,19,21,23,25-26H,1-2,9,11-14H2/t19-,21-,23+/m0/s1. The third-order valence-corrected chi connectivity index (χ3v) is 5.89. The number of hydrogen-bond donors (Lipinski definition) is 2. The minimum Gasteiger partial charge on any atom is -0.493 e. The Hall–Kier alpha value is -1.59. The topological polar surface area (TPSA) is 58.9 Å². The molecule has 1 saturated heterocycles. The van der Waals surface area contributed by atoms with Gasteiger partial charge in [-0.25, -0.2) is 0 Å². The minimum absolute atomic E-state index is 0.0802. The summed E-state index contributed by atoms with van der Waals surface area (Å²) in [4.78, 5) is 0. The predicted molar refractivity (Wildman–Crippen MR) is 109 cm³/mol. The van der Waals surface area contributed by atoms with Gasteiger partial charge in [-0.3, -0.25) is 0 Å². The van der Waals surface area contributed by atoms with Gasteiger partial charge in [-0.2, -0.15) is 0 Å². The van der Waals surface area contributed by atoms with E-state index >= 15 is 0 Å². The summed E-state index contributed by atoms with van der Waals surface area (Å²) < 4.78 is 11.7. The van der Waals surface area contributed by atoms with Crippen LogP contribution in [0, 0.1) is 5.92 Å². The molecule has 150 valence electrons. The molecule has 1 heterocycles. The Labute approximate surface area is 171 Å². The first-order valence-corrected chi connectivity index (χ1v) is 10.4. The van der Waals surface area contributed by atoms with Crippen molar-refractivity contribution < 1.29 is 19.7 Å². The Morgan fingerprint density at radius 3 is 2.57 bits per heavy atom. The van der Waals surface area contributed by atoms with E-state index in [2.05, 4.69) is 18.2 Å². The van der Waals surface area contributed by atoms with Gasteiger partial charge in [0.05, 0.1) is 31.5 Å². The Bertz CT molecular complexity index is 788. The molecular weight excluding hydrogens is 376 g/mol. The van der Waals surface area contributed by atoms with Crippen molar-refractivity contribution in [3.63, 3.8) is 0 Å². The monoisotopic (exact) mass is 402 g/mol. The van der Waals surface area contributed by atoms with E-state index in [4.69, 9.17) is 21.1 Å². The van der Waals surface area contributed by atoms with Crippen LogP contribution in [-0.2, 0) is 11.2 Å². The second kappa shape index (κ2) is 8.83. The van der Waals surface area contributed by atoms with Gasteiger partial charge in [0.2, 0.25) is 0 Å². The van der Waals surface area contributed by atoms with Crippen molar-refractivity contribution in [2.45, 2.75) is 50.4 Å². The Balaban J connectivity index is 1.44. The van der Waals surface area contributed by atoms with Crippen molar-refractivity contribution >= 4 is 11.6 Å². The maximum absolute atomic E-state index is 10.1. The van der Waals surface area contributed by atoms with Crippen molar-refractivity contribution in [2.75, 3.05) is 13.2 Å². The molecule has 1 saturated carbocycles. The summed E-state index contributed by atoms with van der Waals surface area (Å²) in [6, 6.07) is 14.1. The maximum atomic E-state index is 10.1. The number of benzene rings is 2. The molecule has 0 amide bonds. The first-order chi connectivity index (χ1) is 13.6. The van der Waals surface area contributed by atoms with Gasteiger partial charge in [-0.05, 0) is 60.1 Å². The van der Waals surface area contributed by atoms with E-state index < -0.39 is 6.10 Å². The summed E-state index contributed by atoms with van der Waals surface area (Å²) in [7, 11) is 0. The van der Waals surface area contributed by atoms with E-state index in [9.17, 15) is 10.2 Å². The molecule has 2 fully saturated rings. The van der Waals surface area contributed by atoms with E-state index in [1.54, 1.807) is 0 Å². The largest absolute Gasteiger partial charge is 0.493 e. The Morgan fingerprint density at radius 1 is 1.07 bits per heavy atom. The van der Waals surface area contributed by atoms with Gasteiger partial charge >= 0.3 is 0 Å². The molecule has 1 aliphatic carbocycles. The number of hydrogen-bond acceptors (Lipinski definition) is 4. The maximum Gasteiger partial charge on any atom is 0.119 e. The predicted octanol–water partition coefficient (Wildman–Crippen LogP) is 4.29. The number of halogens is 1. The van der Waals surface area contributed by atoms with E-state index in [0.717, 1.165) is 35.0 Å². The molecule has 2 N–H and O–H groups in total. The lowest BCUT2D eigenvalue weighted by Crippen LogP contribution is -2.33. The molecule has 5 heteroatoms. The van der Waals surface area contributed by atoms with Gasteiger partial charge in [-0.15, -0.1) is 0 Å². The third-order valence-electron chi connectivity index (χ3n) is 5.52. The van der Waals surface area contributed by atoms with Gasteiger partial charge in [0.15, 0.2) is 0 Å². The van der Waals surface area contributed by atoms with Crippen LogP contribution in [0.1, 0.15) is 48.5 Å². The van der Waals surface area contributed by atoms with Crippen molar-refractivity contribution in [1.82, 2.24) is 0 Å². The molecule has 3 atom stereocenters. The zero-order valence-electron chi connectivity index (χ0n) is 15.9. The van der Waals surface area contributed by atoms with Gasteiger partial charge in [0.25, 0.3) is 0 Å². The quantitative estimate of drug-likeness (QED) is 0.725. The molecule has 4 nitrogen and oxygen atoms in total. The van der Waals surface area contributed by atoms with Crippen molar-refractivity contribution in [1.29, 1.82) is 0 Å². The van der Waals surface area contributed by atoms with E-state index in [-0.39, 0.29) is 18.8 Å². The summed E-state index contributed by atoms with van der Waals surface area (Å²) in [6.07, 6.45) is 3.28. The molecule has 0 spiro atoms. The van der Waals surface area contributed by atoms with Crippen LogP contribution in [0.15, 0.2) is 42.5 Å². The highest BCUT2D eigenvalue weighted by Gasteiger charge is 2.29. The zero-order valence-corrected chi connectivity index (χ0v) is 16.6. The fraction of sp³-hybridized carbons (Fsp3) is 0.478. The highest BCUT2D eigenvalue weighted by molar-refractivity contribution is 6.31. The summed E-state index contributed by atoms with van der Waals surface area (Å²) in [5, 5.41) is 20.2. The first-order valence-electron chi connectivity index (χ1n) is 10.0. The van der Waals surface area contributed by atoms with Crippen LogP contribution in [0.5, 0.6) is 5.75 Å². The van der Waals surface area contributed by atoms with Crippen molar-refractivity contribution in [3.05, 3.63) is 64.2 Å². The smallest absolute Gasteiger partial charge is 0.119 e. The van der Waals surface area contributed by atoms with Gasteiger partial charge < -0.3 is 19.7 Å². The molecule has 28 heavy (non-hydrogen) atoms. The molecule has 2 aromatic carbocycles. The van der Waals surface area contributed by atoms with Gasteiger partial charge in [0.1, 0.15) is 5.75 Å². The lowest BCUT2D eigenvalue weighted by molar-refractivity contribution is -0.113. The van der Waals surface area contributed by atoms with Crippen LogP contribution >= 0.6 is 11.6 Å². The number of rotatable bonds is 7. The fourth-order valence-electron chi connectivity index (χ4n) is 3.67. The third kappa shape index (κ3) is 5.06. The summed E-state index contributed by atoms with van der Waals surface area (Å²) in [5.74, 6) is 1.65. The Kier molecular flexibility index (Phi) is 6.22. The van der Waals surface area contributed by atoms with Crippen molar-refractivity contribution in [3.8, 4) is 5.75 Å². The van der Waals surface area contributed by atoms with Crippen LogP contribution in [0.2, 0.25) is 5.02 Å². The lowest BCUT2D eigenvalue weighted by atomic mass is 9.94. The molecule has 0 unspecified atom stereocenters. The van der Waals surface area contributed by atoms with Crippen molar-refractivity contribution in [2.24, 2.45) is 5.92 Å². The van der Waals surface area contributed by atoms with Crippen LogP contribution < -0.4 is 4.74 Å². The second-order valence-corrected chi connectivity index (χ2v) is 8.39. The van der Waals surface area contributed by atoms with Crippen LogP contribution in [0.3, 0.4) is 0 Å². The molecule has 4 rings (SSSR count). The SMILES string of the molecule is OC[C@@H]1C[C@H](O)C[C@H](c2ccc(Cl)c(Cc3ccc(OCC4CC4)cc3)c2)O1. The summed E-state index contributed by atoms with van der Waals surface area (Å²) in [5.41, 5.74) is 3.17. The Morgan fingerprint density at radius 2 is 1.86 bits per heavy atom. The highest BCUT2D eigenvalue weighted by Crippen LogP contribution is 2.34. The van der Waals surface area contributed by atoms with E-state index in [0.29, 0.717) is 24.3 Å². The molecule has 0 bridgehead atoms. The lowest BCUT2D eigenvalue weighted by Gasteiger charge is -2.32. The van der Waals surface area contributed by atoms with Crippen LogP contribution in [0.4, 0.5) is 0 Å². The van der Waals surface area contributed by atoms with Crippen LogP contribution in [0.25, 0.3) is 0 Å². The van der Waals surface area contributed by atoms with Crippen LogP contribution in [-0.4, -0.2) is 35.6 Å². The van der Waals surface area contributed by atoms with Gasteiger partial charge in [0, 0.05) is 17.9 Å². The average molecular weight is 403 g/mol. The molecular formula is C23H27ClO4. The number of ether oxygens (including phenoxy) is 2. The molecule has 0 radical (unpaired) electrons. The zero-order chi connectivity index (χ0) is 19.5.